The number of amides is 1. The average Bonchev–Trinajstić information content (AvgIpc) is 3.25. The molecule has 0 radical (unpaired) electrons. The maximum atomic E-state index is 13.7. The summed E-state index contributed by atoms with van der Waals surface area (Å²) in [4.78, 5) is 13.7. The quantitative estimate of drug-likeness (QED) is 0.613. The number of hydrogen-bond acceptors (Lipinski definition) is 1. The van der Waals surface area contributed by atoms with E-state index in [0.717, 1.165) is 42.4 Å². The van der Waals surface area contributed by atoms with Gasteiger partial charge in [-0.15, -0.1) is 0 Å². The molecule has 142 valence electrons. The van der Waals surface area contributed by atoms with Crippen LogP contribution in [0.4, 0.5) is 0 Å². The van der Waals surface area contributed by atoms with Crippen molar-refractivity contribution < 1.29 is 4.79 Å². The van der Waals surface area contributed by atoms with Gasteiger partial charge in [0, 0.05) is 0 Å². The summed E-state index contributed by atoms with van der Waals surface area (Å²) in [5.41, 5.74) is 4.19. The molecule has 2 heteroatoms. The van der Waals surface area contributed by atoms with Crippen molar-refractivity contribution in [2.75, 3.05) is 0 Å². The molecule has 0 spiro atoms. The van der Waals surface area contributed by atoms with Gasteiger partial charge in [0.2, 0.25) is 5.91 Å². The Balaban J connectivity index is 1.72. The number of rotatable bonds is 5. The second kappa shape index (κ2) is 8.02. The van der Waals surface area contributed by atoms with E-state index in [4.69, 9.17) is 0 Å². The number of carbonyl (C=O) groups is 1. The van der Waals surface area contributed by atoms with Gasteiger partial charge >= 0.3 is 0 Å². The zero-order valence-corrected chi connectivity index (χ0v) is 16.4. The van der Waals surface area contributed by atoms with Crippen LogP contribution in [0.2, 0.25) is 0 Å². The van der Waals surface area contributed by atoms with Gasteiger partial charge in [0.25, 0.3) is 0 Å². The number of carbonyl (C=O) groups excluding carboxylic acids is 1. The fourth-order valence-corrected chi connectivity index (χ4v) is 4.55. The number of aryl methyl sites for hydroxylation is 1. The number of nitrogens with one attached hydrogen (secondary N) is 1. The molecule has 3 aromatic carbocycles. The van der Waals surface area contributed by atoms with E-state index >= 15 is 0 Å². The van der Waals surface area contributed by atoms with Crippen molar-refractivity contribution in [2.45, 2.75) is 44.1 Å². The van der Waals surface area contributed by atoms with Gasteiger partial charge in [-0.1, -0.05) is 97.8 Å². The summed E-state index contributed by atoms with van der Waals surface area (Å²) in [6, 6.07) is 28.8. The van der Waals surface area contributed by atoms with E-state index in [-0.39, 0.29) is 11.9 Å². The van der Waals surface area contributed by atoms with Crippen LogP contribution in [-0.2, 0) is 10.2 Å². The Morgan fingerprint density at radius 3 is 2.04 bits per heavy atom. The molecule has 1 amide bonds. The third-order valence-corrected chi connectivity index (χ3v) is 6.13. The van der Waals surface area contributed by atoms with E-state index in [2.05, 4.69) is 48.6 Å². The van der Waals surface area contributed by atoms with Crippen molar-refractivity contribution in [3.05, 3.63) is 107 Å². The van der Waals surface area contributed by atoms with Crippen LogP contribution >= 0.6 is 0 Å². The monoisotopic (exact) mass is 369 g/mol. The number of benzene rings is 3. The Bertz CT molecular complexity index is 927. The van der Waals surface area contributed by atoms with E-state index in [9.17, 15) is 4.79 Å². The minimum atomic E-state index is -0.420. The van der Waals surface area contributed by atoms with Crippen molar-refractivity contribution in [1.29, 1.82) is 0 Å². The molecule has 0 aromatic heterocycles. The predicted octanol–water partition coefficient (Wildman–Crippen LogP) is 5.71. The van der Waals surface area contributed by atoms with Crippen LogP contribution in [0.3, 0.4) is 0 Å². The highest BCUT2D eigenvalue weighted by Crippen LogP contribution is 2.42. The summed E-state index contributed by atoms with van der Waals surface area (Å²) in [5.74, 6) is 0.147. The van der Waals surface area contributed by atoms with Crippen LogP contribution < -0.4 is 5.32 Å². The summed E-state index contributed by atoms with van der Waals surface area (Å²) in [6.07, 6.45) is 4.03. The largest absolute Gasteiger partial charge is 0.344 e. The SMILES string of the molecule is Cc1ccccc1[C@H](NC(=O)C1(c2ccccc2)CCCC1)c1ccccc1. The first-order valence-corrected chi connectivity index (χ1v) is 10.2. The average molecular weight is 370 g/mol. The topological polar surface area (TPSA) is 29.1 Å². The lowest BCUT2D eigenvalue weighted by Gasteiger charge is -2.32. The zero-order chi connectivity index (χ0) is 19.4. The van der Waals surface area contributed by atoms with E-state index in [1.807, 2.05) is 48.5 Å². The van der Waals surface area contributed by atoms with Gasteiger partial charge in [-0.05, 0) is 42.0 Å². The Kier molecular flexibility index (Phi) is 5.29. The molecule has 1 atom stereocenters. The van der Waals surface area contributed by atoms with E-state index in [1.165, 1.54) is 5.56 Å². The fourth-order valence-electron chi connectivity index (χ4n) is 4.55. The number of hydrogen-bond donors (Lipinski definition) is 1. The minimum absolute atomic E-state index is 0.143. The van der Waals surface area contributed by atoms with Gasteiger partial charge in [0.1, 0.15) is 0 Å². The van der Waals surface area contributed by atoms with Gasteiger partial charge in [0.05, 0.1) is 11.5 Å². The van der Waals surface area contributed by atoms with Gasteiger partial charge in [-0.25, -0.2) is 0 Å². The summed E-state index contributed by atoms with van der Waals surface area (Å²) in [5, 5.41) is 3.43. The molecule has 4 rings (SSSR count). The Labute approximate surface area is 167 Å². The van der Waals surface area contributed by atoms with Gasteiger partial charge < -0.3 is 5.32 Å². The molecule has 3 aromatic rings. The fraction of sp³-hybridized carbons (Fsp3) is 0.269. The molecule has 0 saturated heterocycles. The molecule has 0 unspecified atom stereocenters. The van der Waals surface area contributed by atoms with Crippen LogP contribution in [0.1, 0.15) is 54.0 Å². The zero-order valence-electron chi connectivity index (χ0n) is 16.4. The molecule has 2 nitrogen and oxygen atoms in total. The first-order valence-electron chi connectivity index (χ1n) is 10.2. The molecule has 0 heterocycles. The summed E-state index contributed by atoms with van der Waals surface area (Å²) >= 11 is 0. The molecule has 1 saturated carbocycles. The first-order chi connectivity index (χ1) is 13.7. The third-order valence-electron chi connectivity index (χ3n) is 6.13. The van der Waals surface area contributed by atoms with Gasteiger partial charge in [-0.2, -0.15) is 0 Å². The van der Waals surface area contributed by atoms with Crippen LogP contribution in [0, 0.1) is 6.92 Å². The maximum absolute atomic E-state index is 13.7. The smallest absolute Gasteiger partial charge is 0.231 e. The highest BCUT2D eigenvalue weighted by Gasteiger charge is 2.43. The first kappa shape index (κ1) is 18.5. The third kappa shape index (κ3) is 3.47. The van der Waals surface area contributed by atoms with Crippen molar-refractivity contribution in [3.63, 3.8) is 0 Å². The van der Waals surface area contributed by atoms with Crippen LogP contribution in [-0.4, -0.2) is 5.91 Å². The highest BCUT2D eigenvalue weighted by molar-refractivity contribution is 5.89. The second-order valence-electron chi connectivity index (χ2n) is 7.83. The molecule has 1 aliphatic rings. The molecule has 1 aliphatic carbocycles. The molecular formula is C26H27NO. The minimum Gasteiger partial charge on any atom is -0.344 e. The van der Waals surface area contributed by atoms with E-state index in [1.54, 1.807) is 0 Å². The van der Waals surface area contributed by atoms with Gasteiger partial charge in [-0.3, -0.25) is 4.79 Å². The molecule has 0 aliphatic heterocycles. The van der Waals surface area contributed by atoms with Crippen molar-refractivity contribution in [1.82, 2.24) is 5.32 Å². The summed E-state index contributed by atoms with van der Waals surface area (Å²) in [6.45, 7) is 2.11. The standard InChI is InChI=1S/C26H27NO/c1-20-12-8-9-17-23(20)24(21-13-4-2-5-14-21)27-25(28)26(18-10-11-19-26)22-15-6-3-7-16-22/h2-9,12-17,24H,10-11,18-19H2,1H3,(H,27,28)/t24-/m1/s1. The van der Waals surface area contributed by atoms with Crippen LogP contribution in [0.25, 0.3) is 0 Å². The Morgan fingerprint density at radius 2 is 1.39 bits per heavy atom. The summed E-state index contributed by atoms with van der Waals surface area (Å²) < 4.78 is 0. The second-order valence-corrected chi connectivity index (χ2v) is 7.83. The van der Waals surface area contributed by atoms with E-state index < -0.39 is 5.41 Å². The molecule has 1 fully saturated rings. The normalized spacial score (nSPS) is 16.5. The Hall–Kier alpha value is -2.87. The lowest BCUT2D eigenvalue weighted by molar-refractivity contribution is -0.127. The lowest BCUT2D eigenvalue weighted by atomic mass is 9.77. The predicted molar refractivity (Wildman–Crippen MR) is 114 cm³/mol. The highest BCUT2D eigenvalue weighted by atomic mass is 16.2. The Morgan fingerprint density at radius 1 is 0.821 bits per heavy atom. The molecule has 0 bridgehead atoms. The van der Waals surface area contributed by atoms with E-state index in [0.29, 0.717) is 0 Å². The van der Waals surface area contributed by atoms with Crippen molar-refractivity contribution in [2.24, 2.45) is 0 Å². The van der Waals surface area contributed by atoms with Crippen molar-refractivity contribution in [3.8, 4) is 0 Å². The van der Waals surface area contributed by atoms with Crippen molar-refractivity contribution >= 4 is 5.91 Å². The molecule has 1 N–H and O–H groups in total. The maximum Gasteiger partial charge on any atom is 0.231 e. The van der Waals surface area contributed by atoms with Crippen LogP contribution in [0.5, 0.6) is 0 Å². The lowest BCUT2D eigenvalue weighted by Crippen LogP contribution is -2.44. The van der Waals surface area contributed by atoms with Gasteiger partial charge in [0.15, 0.2) is 0 Å². The molecule has 28 heavy (non-hydrogen) atoms. The molecular weight excluding hydrogens is 342 g/mol. The summed E-state index contributed by atoms with van der Waals surface area (Å²) in [7, 11) is 0. The van der Waals surface area contributed by atoms with Crippen LogP contribution in [0.15, 0.2) is 84.9 Å².